The van der Waals surface area contributed by atoms with Crippen molar-refractivity contribution in [3.05, 3.63) is 81.9 Å². The smallest absolute Gasteiger partial charge is 0.335 e. The second-order valence-electron chi connectivity index (χ2n) is 11.2. The van der Waals surface area contributed by atoms with E-state index in [4.69, 9.17) is 5.11 Å². The average molecular weight is 460 g/mol. The molecule has 2 aromatic rings. The third kappa shape index (κ3) is 4.89. The van der Waals surface area contributed by atoms with Crippen LogP contribution in [0.4, 0.5) is 0 Å². The van der Waals surface area contributed by atoms with Gasteiger partial charge in [0.15, 0.2) is 0 Å². The average Bonchev–Trinajstić information content (AvgIpc) is 2.80. The number of carboxylic acids is 1. The number of benzene rings is 2. The van der Waals surface area contributed by atoms with Crippen LogP contribution in [-0.2, 0) is 10.8 Å². The van der Waals surface area contributed by atoms with E-state index < -0.39 is 12.1 Å². The maximum Gasteiger partial charge on any atom is 0.335 e. The van der Waals surface area contributed by atoms with E-state index in [1.54, 1.807) is 30.3 Å². The van der Waals surface area contributed by atoms with Crippen molar-refractivity contribution in [2.75, 3.05) is 20.1 Å². The predicted molar refractivity (Wildman–Crippen MR) is 139 cm³/mol. The quantitative estimate of drug-likeness (QED) is 0.559. The van der Waals surface area contributed by atoms with E-state index in [-0.39, 0.29) is 16.4 Å². The van der Waals surface area contributed by atoms with Gasteiger partial charge in [-0.05, 0) is 88.7 Å². The van der Waals surface area contributed by atoms with Crippen LogP contribution < -0.4 is 0 Å². The first-order valence-corrected chi connectivity index (χ1v) is 12.2. The molecule has 4 nitrogen and oxygen atoms in total. The Morgan fingerprint density at radius 3 is 2.35 bits per heavy atom. The minimum atomic E-state index is -0.939. The van der Waals surface area contributed by atoms with Crippen molar-refractivity contribution in [2.24, 2.45) is 0 Å². The fourth-order valence-electron chi connectivity index (χ4n) is 5.30. The fraction of sp³-hybridized carbons (Fsp3) is 0.433. The number of hydrogen-bond acceptors (Lipinski definition) is 3. The molecule has 4 heteroatoms. The summed E-state index contributed by atoms with van der Waals surface area (Å²) in [6.45, 7) is 11.4. The summed E-state index contributed by atoms with van der Waals surface area (Å²) in [7, 11) is 2.16. The molecule has 0 bridgehead atoms. The molecule has 2 N–H and O–H groups in total. The highest BCUT2D eigenvalue weighted by atomic mass is 16.4. The van der Waals surface area contributed by atoms with Crippen LogP contribution in [0.15, 0.2) is 48.6 Å². The third-order valence-electron chi connectivity index (χ3n) is 7.67. The summed E-state index contributed by atoms with van der Waals surface area (Å²) in [5, 5.41) is 20.3. The standard InChI is InChI=1S/C30H37NO3/c1-29(2)14-15-30(3,4)27-24(21-12-16-31(5)17-13-21)18-23(19-25(27)29)26(32)11-8-20-6-9-22(10-7-20)28(33)34/h6-12,18-19,26,32H,13-17H2,1-5H3,(H,33,34). The molecule has 1 unspecified atom stereocenters. The van der Waals surface area contributed by atoms with E-state index in [1.807, 2.05) is 6.08 Å². The maximum absolute atomic E-state index is 11.2. The van der Waals surface area contributed by atoms with Gasteiger partial charge in [-0.25, -0.2) is 4.79 Å². The lowest BCUT2D eigenvalue weighted by Gasteiger charge is -2.44. The molecule has 0 amide bonds. The molecule has 180 valence electrons. The van der Waals surface area contributed by atoms with Gasteiger partial charge >= 0.3 is 5.97 Å². The lowest BCUT2D eigenvalue weighted by atomic mass is 9.61. The normalized spacial score (nSPS) is 20.6. The number of carbonyl (C=O) groups is 1. The van der Waals surface area contributed by atoms with Crippen molar-refractivity contribution >= 4 is 17.6 Å². The van der Waals surface area contributed by atoms with E-state index in [0.717, 1.165) is 43.5 Å². The Hall–Kier alpha value is -2.69. The Labute approximate surface area is 203 Å². The first kappa shape index (κ1) is 24.4. The Morgan fingerprint density at radius 2 is 1.74 bits per heavy atom. The molecular weight excluding hydrogens is 422 g/mol. The molecule has 1 atom stereocenters. The van der Waals surface area contributed by atoms with Gasteiger partial charge in [0.05, 0.1) is 11.7 Å². The summed E-state index contributed by atoms with van der Waals surface area (Å²) in [6, 6.07) is 11.1. The zero-order chi connectivity index (χ0) is 24.7. The molecule has 0 saturated carbocycles. The molecule has 2 aromatic carbocycles. The van der Waals surface area contributed by atoms with Gasteiger partial charge in [0.25, 0.3) is 0 Å². The highest BCUT2D eigenvalue weighted by Gasteiger charge is 2.39. The van der Waals surface area contributed by atoms with E-state index >= 15 is 0 Å². The number of likely N-dealkylation sites (N-methyl/N-ethyl adjacent to an activating group) is 1. The Balaban J connectivity index is 1.76. The molecule has 2 aliphatic rings. The lowest BCUT2D eigenvalue weighted by Crippen LogP contribution is -2.35. The van der Waals surface area contributed by atoms with Gasteiger partial charge in [-0.3, -0.25) is 0 Å². The number of hydrogen-bond donors (Lipinski definition) is 2. The van der Waals surface area contributed by atoms with Crippen molar-refractivity contribution < 1.29 is 15.0 Å². The summed E-state index contributed by atoms with van der Waals surface area (Å²) in [5.74, 6) is -0.939. The zero-order valence-corrected chi connectivity index (χ0v) is 21.1. The van der Waals surface area contributed by atoms with Gasteiger partial charge in [0.2, 0.25) is 0 Å². The second kappa shape index (κ2) is 9.16. The molecule has 4 rings (SSSR count). The molecule has 1 aliphatic carbocycles. The van der Waals surface area contributed by atoms with Crippen LogP contribution in [0, 0.1) is 0 Å². The van der Waals surface area contributed by atoms with Crippen molar-refractivity contribution in [1.29, 1.82) is 0 Å². The number of aromatic carboxylic acids is 1. The molecule has 0 spiro atoms. The summed E-state index contributed by atoms with van der Waals surface area (Å²) in [6.07, 6.45) is 8.57. The predicted octanol–water partition coefficient (Wildman–Crippen LogP) is 6.20. The van der Waals surface area contributed by atoms with Crippen molar-refractivity contribution in [3.8, 4) is 0 Å². The number of nitrogens with zero attached hydrogens (tertiary/aromatic N) is 1. The highest BCUT2D eigenvalue weighted by Crippen LogP contribution is 2.49. The van der Waals surface area contributed by atoms with Crippen LogP contribution >= 0.6 is 0 Å². The first-order valence-electron chi connectivity index (χ1n) is 12.2. The monoisotopic (exact) mass is 459 g/mol. The van der Waals surface area contributed by atoms with Gasteiger partial charge in [-0.1, -0.05) is 64.1 Å². The number of fused-ring (bicyclic) bond motifs is 1. The maximum atomic E-state index is 11.2. The van der Waals surface area contributed by atoms with E-state index in [9.17, 15) is 9.90 Å². The molecule has 0 aromatic heterocycles. The summed E-state index contributed by atoms with van der Waals surface area (Å²) < 4.78 is 0. The fourth-order valence-corrected chi connectivity index (χ4v) is 5.30. The second-order valence-corrected chi connectivity index (χ2v) is 11.2. The van der Waals surface area contributed by atoms with Crippen LogP contribution in [-0.4, -0.2) is 41.2 Å². The van der Waals surface area contributed by atoms with Gasteiger partial charge < -0.3 is 15.1 Å². The van der Waals surface area contributed by atoms with Crippen molar-refractivity contribution in [2.45, 2.75) is 63.9 Å². The lowest BCUT2D eigenvalue weighted by molar-refractivity contribution is 0.0697. The highest BCUT2D eigenvalue weighted by molar-refractivity contribution is 5.87. The Morgan fingerprint density at radius 1 is 1.06 bits per heavy atom. The third-order valence-corrected chi connectivity index (χ3v) is 7.67. The van der Waals surface area contributed by atoms with Crippen LogP contribution in [0.25, 0.3) is 11.6 Å². The van der Waals surface area contributed by atoms with Gasteiger partial charge in [-0.2, -0.15) is 0 Å². The van der Waals surface area contributed by atoms with Crippen LogP contribution in [0.5, 0.6) is 0 Å². The number of aliphatic hydroxyl groups excluding tert-OH is 1. The topological polar surface area (TPSA) is 60.8 Å². The summed E-state index contributed by atoms with van der Waals surface area (Å²) in [5.41, 5.74) is 7.68. The van der Waals surface area contributed by atoms with Crippen LogP contribution in [0.2, 0.25) is 0 Å². The molecule has 1 heterocycles. The van der Waals surface area contributed by atoms with Gasteiger partial charge in [0, 0.05) is 13.1 Å². The minimum absolute atomic E-state index is 0.0533. The van der Waals surface area contributed by atoms with Gasteiger partial charge in [-0.15, -0.1) is 0 Å². The van der Waals surface area contributed by atoms with Crippen molar-refractivity contribution in [3.63, 3.8) is 0 Å². The van der Waals surface area contributed by atoms with E-state index in [2.05, 4.69) is 57.9 Å². The van der Waals surface area contributed by atoms with Crippen molar-refractivity contribution in [1.82, 2.24) is 4.90 Å². The molecule has 1 aliphatic heterocycles. The minimum Gasteiger partial charge on any atom is -0.478 e. The number of carboxylic acid groups (broad SMARTS) is 1. The first-order chi connectivity index (χ1) is 16.0. The van der Waals surface area contributed by atoms with Crippen LogP contribution in [0.3, 0.4) is 0 Å². The Bertz CT molecular complexity index is 1140. The summed E-state index contributed by atoms with van der Waals surface area (Å²) in [4.78, 5) is 13.4. The summed E-state index contributed by atoms with van der Waals surface area (Å²) >= 11 is 0. The zero-order valence-electron chi connectivity index (χ0n) is 21.1. The van der Waals surface area contributed by atoms with Gasteiger partial charge in [0.1, 0.15) is 0 Å². The van der Waals surface area contributed by atoms with E-state index in [1.165, 1.54) is 22.3 Å². The molecular formula is C30H37NO3. The molecule has 0 fully saturated rings. The van der Waals surface area contributed by atoms with E-state index in [0.29, 0.717) is 0 Å². The molecule has 34 heavy (non-hydrogen) atoms. The molecule has 0 radical (unpaired) electrons. The SMILES string of the molecule is CN1CC=C(c2cc(C(O)C=Cc3ccc(C(=O)O)cc3)cc3c2C(C)(C)CCC3(C)C)CC1. The largest absolute Gasteiger partial charge is 0.478 e. The number of rotatable bonds is 5. The Kier molecular flexibility index (Phi) is 6.58. The number of aliphatic hydroxyl groups is 1. The molecule has 0 saturated heterocycles. The van der Waals surface area contributed by atoms with Crippen LogP contribution in [0.1, 0.15) is 91.2 Å².